The SMILES string of the molecule is Cc1cnc(NC2CCN(C)C2)cc1C(=O)NCC(O)CN1CCc2ccccc2C1. The van der Waals surface area contributed by atoms with E-state index in [1.54, 1.807) is 6.20 Å². The average molecular weight is 424 g/mol. The summed E-state index contributed by atoms with van der Waals surface area (Å²) in [6, 6.07) is 10.6. The van der Waals surface area contributed by atoms with Crippen molar-refractivity contribution in [3.63, 3.8) is 0 Å². The molecule has 31 heavy (non-hydrogen) atoms. The molecule has 2 aromatic rings. The fourth-order valence-corrected chi connectivity index (χ4v) is 4.49. The van der Waals surface area contributed by atoms with Crippen LogP contribution in [0.5, 0.6) is 0 Å². The van der Waals surface area contributed by atoms with Crippen LogP contribution in [0.1, 0.15) is 33.5 Å². The van der Waals surface area contributed by atoms with E-state index in [1.807, 2.05) is 13.0 Å². The lowest BCUT2D eigenvalue weighted by Crippen LogP contribution is -2.42. The number of aryl methyl sites for hydroxylation is 1. The molecular weight excluding hydrogens is 390 g/mol. The van der Waals surface area contributed by atoms with Crippen molar-refractivity contribution in [1.29, 1.82) is 0 Å². The first-order valence-electron chi connectivity index (χ1n) is 11.1. The van der Waals surface area contributed by atoms with Crippen molar-refractivity contribution < 1.29 is 9.90 Å². The van der Waals surface area contributed by atoms with Gasteiger partial charge in [-0.05, 0) is 56.1 Å². The monoisotopic (exact) mass is 423 g/mol. The number of carbonyl (C=O) groups is 1. The molecule has 166 valence electrons. The molecule has 2 atom stereocenters. The van der Waals surface area contributed by atoms with Gasteiger partial charge in [0, 0.05) is 50.5 Å². The molecule has 1 aromatic heterocycles. The second kappa shape index (κ2) is 9.77. The molecule has 3 N–H and O–H groups in total. The molecule has 3 heterocycles. The molecule has 1 saturated heterocycles. The van der Waals surface area contributed by atoms with Crippen molar-refractivity contribution in [2.24, 2.45) is 0 Å². The van der Waals surface area contributed by atoms with E-state index in [1.165, 1.54) is 11.1 Å². The number of amides is 1. The van der Waals surface area contributed by atoms with Crippen LogP contribution < -0.4 is 10.6 Å². The van der Waals surface area contributed by atoms with Gasteiger partial charge in [0.15, 0.2) is 0 Å². The van der Waals surface area contributed by atoms with Gasteiger partial charge in [-0.1, -0.05) is 24.3 Å². The third kappa shape index (κ3) is 5.61. The fraction of sp³-hybridized carbons (Fsp3) is 0.500. The lowest BCUT2D eigenvalue weighted by molar-refractivity contribution is 0.0841. The predicted octanol–water partition coefficient (Wildman–Crippen LogP) is 1.66. The number of nitrogens with one attached hydrogen (secondary N) is 2. The molecule has 0 saturated carbocycles. The lowest BCUT2D eigenvalue weighted by Gasteiger charge is -2.30. The number of fused-ring (bicyclic) bond motifs is 1. The van der Waals surface area contributed by atoms with Crippen LogP contribution in [0.4, 0.5) is 5.82 Å². The number of pyridine rings is 1. The van der Waals surface area contributed by atoms with Crippen molar-refractivity contribution in [3.8, 4) is 0 Å². The van der Waals surface area contributed by atoms with Crippen LogP contribution in [0.15, 0.2) is 36.5 Å². The number of carbonyl (C=O) groups excluding carboxylic acids is 1. The zero-order valence-electron chi connectivity index (χ0n) is 18.5. The first-order valence-corrected chi connectivity index (χ1v) is 11.1. The molecule has 2 unspecified atom stereocenters. The number of aliphatic hydroxyl groups is 1. The topological polar surface area (TPSA) is 80.7 Å². The van der Waals surface area contributed by atoms with Crippen molar-refractivity contribution in [1.82, 2.24) is 20.1 Å². The van der Waals surface area contributed by atoms with E-state index in [2.05, 4.69) is 56.7 Å². The van der Waals surface area contributed by atoms with Gasteiger partial charge >= 0.3 is 0 Å². The second-order valence-corrected chi connectivity index (χ2v) is 8.89. The van der Waals surface area contributed by atoms with Crippen molar-refractivity contribution in [2.45, 2.75) is 38.5 Å². The Hall–Kier alpha value is -2.48. The van der Waals surface area contributed by atoms with Crippen molar-refractivity contribution in [3.05, 3.63) is 58.8 Å². The summed E-state index contributed by atoms with van der Waals surface area (Å²) >= 11 is 0. The van der Waals surface area contributed by atoms with Crippen molar-refractivity contribution in [2.75, 3.05) is 45.1 Å². The standard InChI is InChI=1S/C24H33N5O2/c1-17-12-25-23(27-20-8-9-28(2)15-20)11-22(17)24(31)26-13-21(30)16-29-10-7-18-5-3-4-6-19(18)14-29/h3-6,11-12,20-21,30H,7-10,13-16H2,1-2H3,(H,25,27)(H,26,31). The first kappa shape index (κ1) is 21.7. The Kier molecular flexibility index (Phi) is 6.85. The van der Waals surface area contributed by atoms with E-state index >= 15 is 0 Å². The number of aromatic nitrogens is 1. The summed E-state index contributed by atoms with van der Waals surface area (Å²) in [7, 11) is 2.11. The highest BCUT2D eigenvalue weighted by Crippen LogP contribution is 2.19. The molecule has 2 aliphatic rings. The summed E-state index contributed by atoms with van der Waals surface area (Å²) in [4.78, 5) is 21.7. The highest BCUT2D eigenvalue weighted by atomic mass is 16.3. The predicted molar refractivity (Wildman–Crippen MR) is 122 cm³/mol. The number of benzene rings is 1. The molecule has 2 aliphatic heterocycles. The van der Waals surface area contributed by atoms with E-state index in [9.17, 15) is 9.90 Å². The Bertz CT molecular complexity index is 919. The number of anilines is 1. The molecule has 0 radical (unpaired) electrons. The number of nitrogens with zero attached hydrogens (tertiary/aromatic N) is 3. The molecule has 7 heteroatoms. The molecule has 4 rings (SSSR count). The quantitative estimate of drug-likeness (QED) is 0.629. The Labute approximate surface area is 184 Å². The largest absolute Gasteiger partial charge is 0.390 e. The summed E-state index contributed by atoms with van der Waals surface area (Å²) in [5.74, 6) is 0.554. The van der Waals surface area contributed by atoms with Gasteiger partial charge in [0.25, 0.3) is 5.91 Å². The van der Waals surface area contributed by atoms with Gasteiger partial charge in [-0.2, -0.15) is 0 Å². The molecule has 0 spiro atoms. The summed E-state index contributed by atoms with van der Waals surface area (Å²) in [5.41, 5.74) is 4.14. The van der Waals surface area contributed by atoms with Gasteiger partial charge in [0.1, 0.15) is 5.82 Å². The average Bonchev–Trinajstić information content (AvgIpc) is 3.18. The Morgan fingerprint density at radius 1 is 1.29 bits per heavy atom. The minimum absolute atomic E-state index is 0.172. The van der Waals surface area contributed by atoms with E-state index in [-0.39, 0.29) is 12.5 Å². The molecule has 1 amide bonds. The third-order valence-corrected chi connectivity index (χ3v) is 6.27. The molecule has 1 aromatic carbocycles. The van der Waals surface area contributed by atoms with Crippen LogP contribution in [-0.2, 0) is 13.0 Å². The van der Waals surface area contributed by atoms with E-state index in [0.717, 1.165) is 50.4 Å². The van der Waals surface area contributed by atoms with Gasteiger partial charge in [-0.3, -0.25) is 9.69 Å². The van der Waals surface area contributed by atoms with E-state index in [0.29, 0.717) is 18.2 Å². The van der Waals surface area contributed by atoms with E-state index < -0.39 is 6.10 Å². The second-order valence-electron chi connectivity index (χ2n) is 8.89. The van der Waals surface area contributed by atoms with E-state index in [4.69, 9.17) is 0 Å². The Morgan fingerprint density at radius 3 is 2.87 bits per heavy atom. The molecule has 1 fully saturated rings. The van der Waals surface area contributed by atoms with Crippen LogP contribution in [-0.4, -0.2) is 77.7 Å². The van der Waals surface area contributed by atoms with Crippen LogP contribution >= 0.6 is 0 Å². The van der Waals surface area contributed by atoms with Gasteiger partial charge in [0.05, 0.1) is 6.10 Å². The lowest BCUT2D eigenvalue weighted by atomic mass is 10.00. The van der Waals surface area contributed by atoms with Gasteiger partial charge in [0.2, 0.25) is 0 Å². The third-order valence-electron chi connectivity index (χ3n) is 6.27. The number of aliphatic hydroxyl groups excluding tert-OH is 1. The summed E-state index contributed by atoms with van der Waals surface area (Å²) in [6.07, 6.45) is 3.19. The number of rotatable bonds is 7. The molecule has 7 nitrogen and oxygen atoms in total. The molecule has 0 bridgehead atoms. The maximum Gasteiger partial charge on any atom is 0.251 e. The highest BCUT2D eigenvalue weighted by molar-refractivity contribution is 5.96. The summed E-state index contributed by atoms with van der Waals surface area (Å²) < 4.78 is 0. The van der Waals surface area contributed by atoms with Crippen LogP contribution in [0.25, 0.3) is 0 Å². The minimum Gasteiger partial charge on any atom is -0.390 e. The summed E-state index contributed by atoms with van der Waals surface area (Å²) in [5, 5.41) is 16.8. The van der Waals surface area contributed by atoms with Gasteiger partial charge < -0.3 is 20.6 Å². The van der Waals surface area contributed by atoms with Crippen LogP contribution in [0.3, 0.4) is 0 Å². The minimum atomic E-state index is -0.608. The number of hydrogen-bond donors (Lipinski definition) is 3. The number of likely N-dealkylation sites (tertiary alicyclic amines) is 1. The van der Waals surface area contributed by atoms with Crippen LogP contribution in [0, 0.1) is 6.92 Å². The maximum atomic E-state index is 12.8. The highest BCUT2D eigenvalue weighted by Gasteiger charge is 2.21. The number of hydrogen-bond acceptors (Lipinski definition) is 6. The smallest absolute Gasteiger partial charge is 0.251 e. The first-order chi connectivity index (χ1) is 15.0. The molecule has 0 aliphatic carbocycles. The Balaban J connectivity index is 1.28. The van der Waals surface area contributed by atoms with Gasteiger partial charge in [-0.25, -0.2) is 4.98 Å². The maximum absolute atomic E-state index is 12.8. The number of β-amino-alcohol motifs (C(OH)–C–C–N with tert-alkyl or cyclic N) is 1. The fourth-order valence-electron chi connectivity index (χ4n) is 4.49. The summed E-state index contributed by atoms with van der Waals surface area (Å²) in [6.45, 7) is 6.48. The Morgan fingerprint density at radius 2 is 2.10 bits per heavy atom. The zero-order valence-corrected chi connectivity index (χ0v) is 18.5. The molecular formula is C24H33N5O2. The normalized spacial score (nSPS) is 20.3. The van der Waals surface area contributed by atoms with Crippen LogP contribution in [0.2, 0.25) is 0 Å². The number of likely N-dealkylation sites (N-methyl/N-ethyl adjacent to an activating group) is 1. The zero-order chi connectivity index (χ0) is 21.8. The van der Waals surface area contributed by atoms with Crippen molar-refractivity contribution >= 4 is 11.7 Å². The van der Waals surface area contributed by atoms with Gasteiger partial charge in [-0.15, -0.1) is 0 Å².